The SMILES string of the molecule is CCC[C@@H](NC(=O)OCC1c2ccccc2-c2ccccc21)C(=O)N1CCCN(CC(=O)O)CC1. The summed E-state index contributed by atoms with van der Waals surface area (Å²) in [6, 6.07) is 15.6. The molecule has 1 atom stereocenters. The van der Waals surface area contributed by atoms with Gasteiger partial charge in [0.15, 0.2) is 0 Å². The summed E-state index contributed by atoms with van der Waals surface area (Å²) in [6.45, 7) is 4.26. The van der Waals surface area contributed by atoms with Crippen molar-refractivity contribution in [3.05, 3.63) is 59.7 Å². The van der Waals surface area contributed by atoms with E-state index in [0.29, 0.717) is 39.0 Å². The molecule has 2 aliphatic rings. The maximum Gasteiger partial charge on any atom is 0.407 e. The minimum atomic E-state index is -0.870. The van der Waals surface area contributed by atoms with Gasteiger partial charge in [0.2, 0.25) is 5.91 Å². The van der Waals surface area contributed by atoms with Gasteiger partial charge in [-0.3, -0.25) is 14.5 Å². The number of fused-ring (bicyclic) bond motifs is 3. The molecule has 4 rings (SSSR count). The number of carbonyl (C=O) groups excluding carboxylic acids is 2. The first-order valence-electron chi connectivity index (χ1n) is 12.3. The van der Waals surface area contributed by atoms with Gasteiger partial charge in [0, 0.05) is 32.1 Å². The monoisotopic (exact) mass is 479 g/mol. The largest absolute Gasteiger partial charge is 0.480 e. The molecule has 2 amide bonds. The quantitative estimate of drug-likeness (QED) is 0.603. The lowest BCUT2D eigenvalue weighted by atomic mass is 9.98. The van der Waals surface area contributed by atoms with Gasteiger partial charge in [-0.25, -0.2) is 4.79 Å². The molecule has 1 saturated heterocycles. The van der Waals surface area contributed by atoms with Crippen LogP contribution in [-0.4, -0.2) is 78.2 Å². The molecule has 35 heavy (non-hydrogen) atoms. The van der Waals surface area contributed by atoms with Crippen LogP contribution in [0.15, 0.2) is 48.5 Å². The van der Waals surface area contributed by atoms with E-state index in [4.69, 9.17) is 9.84 Å². The van der Waals surface area contributed by atoms with Crippen molar-refractivity contribution in [3.8, 4) is 11.1 Å². The lowest BCUT2D eigenvalue weighted by Crippen LogP contribution is -2.49. The second-order valence-corrected chi connectivity index (χ2v) is 9.16. The Labute approximate surface area is 205 Å². The number of benzene rings is 2. The molecule has 0 spiro atoms. The molecule has 8 nitrogen and oxygen atoms in total. The Bertz CT molecular complexity index is 1030. The van der Waals surface area contributed by atoms with E-state index in [0.717, 1.165) is 28.7 Å². The molecule has 1 heterocycles. The number of carbonyl (C=O) groups is 3. The Balaban J connectivity index is 1.36. The van der Waals surface area contributed by atoms with E-state index in [2.05, 4.69) is 29.6 Å². The van der Waals surface area contributed by atoms with Gasteiger partial charge in [0.05, 0.1) is 6.54 Å². The number of nitrogens with zero attached hydrogens (tertiary/aromatic N) is 2. The van der Waals surface area contributed by atoms with Crippen LogP contribution in [0.1, 0.15) is 43.2 Å². The maximum absolute atomic E-state index is 13.2. The third kappa shape index (κ3) is 5.82. The molecule has 0 saturated carbocycles. The molecule has 0 aromatic heterocycles. The first-order valence-corrected chi connectivity index (χ1v) is 12.3. The van der Waals surface area contributed by atoms with Crippen LogP contribution in [0.2, 0.25) is 0 Å². The highest BCUT2D eigenvalue weighted by atomic mass is 16.5. The number of hydrogen-bond donors (Lipinski definition) is 2. The Kier molecular flexibility index (Phi) is 8.02. The van der Waals surface area contributed by atoms with E-state index in [1.165, 1.54) is 0 Å². The lowest BCUT2D eigenvalue weighted by Gasteiger charge is -2.27. The lowest BCUT2D eigenvalue weighted by molar-refractivity contribution is -0.138. The summed E-state index contributed by atoms with van der Waals surface area (Å²) in [5, 5.41) is 11.8. The highest BCUT2D eigenvalue weighted by Gasteiger charge is 2.31. The summed E-state index contributed by atoms with van der Waals surface area (Å²) < 4.78 is 5.65. The standard InChI is InChI=1S/C27H33N3O5/c1-2-8-24(26(33)30-14-7-13-29(15-16-30)17-25(31)32)28-27(34)35-18-23-21-11-5-3-9-19(21)20-10-4-6-12-22(20)23/h3-6,9-12,23-24H,2,7-8,13-18H2,1H3,(H,28,34)(H,31,32)/t24-/m1/s1. The van der Waals surface area contributed by atoms with Crippen LogP contribution in [0.5, 0.6) is 0 Å². The van der Waals surface area contributed by atoms with Crippen molar-refractivity contribution in [3.63, 3.8) is 0 Å². The predicted octanol–water partition coefficient (Wildman–Crippen LogP) is 3.31. The van der Waals surface area contributed by atoms with Gasteiger partial charge >= 0.3 is 12.1 Å². The number of rotatable bonds is 8. The van der Waals surface area contributed by atoms with Gasteiger partial charge in [-0.2, -0.15) is 0 Å². The van der Waals surface area contributed by atoms with E-state index in [9.17, 15) is 14.4 Å². The third-order valence-electron chi connectivity index (χ3n) is 6.77. The zero-order valence-corrected chi connectivity index (χ0v) is 20.1. The Hall–Kier alpha value is -3.39. The fraction of sp³-hybridized carbons (Fsp3) is 0.444. The average molecular weight is 480 g/mol. The zero-order chi connectivity index (χ0) is 24.8. The first-order chi connectivity index (χ1) is 17.0. The van der Waals surface area contributed by atoms with Crippen molar-refractivity contribution >= 4 is 18.0 Å². The summed E-state index contributed by atoms with van der Waals surface area (Å²) in [4.78, 5) is 40.6. The number of alkyl carbamates (subject to hydrolysis) is 1. The van der Waals surface area contributed by atoms with Gasteiger partial charge in [-0.05, 0) is 35.1 Å². The van der Waals surface area contributed by atoms with E-state index in [-0.39, 0.29) is 25.0 Å². The second kappa shape index (κ2) is 11.4. The molecule has 2 N–H and O–H groups in total. The molecule has 1 fully saturated rings. The fourth-order valence-electron chi connectivity index (χ4n) is 5.09. The summed E-state index contributed by atoms with van der Waals surface area (Å²) in [5.74, 6) is -1.05. The molecule has 2 aromatic rings. The van der Waals surface area contributed by atoms with Crippen LogP contribution in [-0.2, 0) is 14.3 Å². The van der Waals surface area contributed by atoms with Crippen LogP contribution in [0, 0.1) is 0 Å². The van der Waals surface area contributed by atoms with Gasteiger partial charge in [-0.1, -0.05) is 61.9 Å². The van der Waals surface area contributed by atoms with E-state index < -0.39 is 18.1 Å². The molecular formula is C27H33N3O5. The van der Waals surface area contributed by atoms with E-state index in [1.54, 1.807) is 4.90 Å². The van der Waals surface area contributed by atoms with Crippen LogP contribution in [0.25, 0.3) is 11.1 Å². The maximum atomic E-state index is 13.2. The number of nitrogens with one attached hydrogen (secondary N) is 1. The fourth-order valence-corrected chi connectivity index (χ4v) is 5.09. The van der Waals surface area contributed by atoms with E-state index in [1.807, 2.05) is 36.1 Å². The number of carboxylic acids is 1. The Morgan fingerprint density at radius 2 is 1.66 bits per heavy atom. The topological polar surface area (TPSA) is 99.2 Å². The first kappa shape index (κ1) is 24.7. The van der Waals surface area contributed by atoms with Gasteiger partial charge in [-0.15, -0.1) is 0 Å². The molecule has 0 unspecified atom stereocenters. The molecule has 2 aromatic carbocycles. The van der Waals surface area contributed by atoms with Crippen LogP contribution in [0.4, 0.5) is 4.79 Å². The molecule has 1 aliphatic carbocycles. The van der Waals surface area contributed by atoms with Crippen molar-refractivity contribution in [2.75, 3.05) is 39.3 Å². The molecular weight excluding hydrogens is 446 g/mol. The smallest absolute Gasteiger partial charge is 0.407 e. The normalized spacial score (nSPS) is 16.7. The number of amides is 2. The molecule has 0 bridgehead atoms. The summed E-state index contributed by atoms with van der Waals surface area (Å²) in [6.07, 6.45) is 1.35. The van der Waals surface area contributed by atoms with Crippen LogP contribution in [0.3, 0.4) is 0 Å². The van der Waals surface area contributed by atoms with Crippen LogP contribution >= 0.6 is 0 Å². The van der Waals surface area contributed by atoms with Crippen molar-refractivity contribution in [1.82, 2.24) is 15.1 Å². The minimum absolute atomic E-state index is 0.0293. The third-order valence-corrected chi connectivity index (χ3v) is 6.77. The molecule has 186 valence electrons. The minimum Gasteiger partial charge on any atom is -0.480 e. The van der Waals surface area contributed by atoms with Crippen molar-refractivity contribution < 1.29 is 24.2 Å². The van der Waals surface area contributed by atoms with Crippen molar-refractivity contribution in [2.24, 2.45) is 0 Å². The average Bonchev–Trinajstić information content (AvgIpc) is 2.98. The number of carboxylic acid groups (broad SMARTS) is 1. The van der Waals surface area contributed by atoms with Crippen molar-refractivity contribution in [1.29, 1.82) is 0 Å². The number of ether oxygens (including phenoxy) is 1. The van der Waals surface area contributed by atoms with E-state index >= 15 is 0 Å². The molecule has 1 aliphatic heterocycles. The number of aliphatic carboxylic acids is 1. The Morgan fingerprint density at radius 1 is 1.00 bits per heavy atom. The van der Waals surface area contributed by atoms with Crippen molar-refractivity contribution in [2.45, 2.75) is 38.1 Å². The van der Waals surface area contributed by atoms with Gasteiger partial charge in [0.1, 0.15) is 12.6 Å². The second-order valence-electron chi connectivity index (χ2n) is 9.16. The highest BCUT2D eigenvalue weighted by Crippen LogP contribution is 2.44. The summed E-state index contributed by atoms with van der Waals surface area (Å²) >= 11 is 0. The molecule has 0 radical (unpaired) electrons. The summed E-state index contributed by atoms with van der Waals surface area (Å²) in [5.41, 5.74) is 4.60. The predicted molar refractivity (Wildman–Crippen MR) is 132 cm³/mol. The highest BCUT2D eigenvalue weighted by molar-refractivity contribution is 5.86. The van der Waals surface area contributed by atoms with Crippen LogP contribution < -0.4 is 5.32 Å². The van der Waals surface area contributed by atoms with Gasteiger partial charge < -0.3 is 20.1 Å². The zero-order valence-electron chi connectivity index (χ0n) is 20.1. The summed E-state index contributed by atoms with van der Waals surface area (Å²) in [7, 11) is 0. The van der Waals surface area contributed by atoms with Gasteiger partial charge in [0.25, 0.3) is 0 Å². The Morgan fingerprint density at radius 3 is 2.29 bits per heavy atom. The number of hydrogen-bond acceptors (Lipinski definition) is 5. The molecule has 8 heteroatoms.